The predicted molar refractivity (Wildman–Crippen MR) is 67.6 cm³/mol. The summed E-state index contributed by atoms with van der Waals surface area (Å²) < 4.78 is 6.20. The van der Waals surface area contributed by atoms with Crippen molar-refractivity contribution >= 4 is 22.0 Å². The van der Waals surface area contributed by atoms with E-state index in [0.29, 0.717) is 13.1 Å². The molecular formula is C11H19BrN2O2. The zero-order chi connectivity index (χ0) is 11.8. The minimum absolute atomic E-state index is 0.164. The predicted octanol–water partition coefficient (Wildman–Crippen LogP) is 2.01. The van der Waals surface area contributed by atoms with Crippen molar-refractivity contribution in [3.05, 3.63) is 11.1 Å². The van der Waals surface area contributed by atoms with Crippen LogP contribution in [0.5, 0.6) is 0 Å². The van der Waals surface area contributed by atoms with Crippen LogP contribution in [0.1, 0.15) is 19.3 Å². The van der Waals surface area contributed by atoms with E-state index in [9.17, 15) is 4.79 Å². The Labute approximate surface area is 105 Å². The summed E-state index contributed by atoms with van der Waals surface area (Å²) in [5.41, 5.74) is 0. The van der Waals surface area contributed by atoms with Gasteiger partial charge in [0.05, 0.1) is 6.54 Å². The van der Waals surface area contributed by atoms with Gasteiger partial charge in [-0.25, -0.2) is 4.79 Å². The number of halogens is 1. The normalized spacial score (nSPS) is 14.6. The summed E-state index contributed by atoms with van der Waals surface area (Å²) in [6.07, 6.45) is 3.49. The summed E-state index contributed by atoms with van der Waals surface area (Å²) in [4.78, 5) is 11.2. The molecule has 0 aromatic carbocycles. The van der Waals surface area contributed by atoms with E-state index in [4.69, 9.17) is 4.74 Å². The zero-order valence-corrected chi connectivity index (χ0v) is 11.0. The van der Waals surface area contributed by atoms with Crippen molar-refractivity contribution in [2.75, 3.05) is 26.3 Å². The van der Waals surface area contributed by atoms with Crippen LogP contribution in [-0.2, 0) is 4.74 Å². The Balaban J connectivity index is 1.81. The Bertz CT molecular complexity index is 242. The number of amides is 2. The lowest BCUT2D eigenvalue weighted by molar-refractivity contribution is 0.122. The number of nitrogens with one attached hydrogen (secondary N) is 2. The van der Waals surface area contributed by atoms with E-state index < -0.39 is 0 Å². The third kappa shape index (κ3) is 7.70. The molecule has 0 aliphatic heterocycles. The van der Waals surface area contributed by atoms with Crippen LogP contribution < -0.4 is 10.6 Å². The van der Waals surface area contributed by atoms with Crippen molar-refractivity contribution < 1.29 is 9.53 Å². The molecule has 4 nitrogen and oxygen atoms in total. The zero-order valence-electron chi connectivity index (χ0n) is 9.43. The van der Waals surface area contributed by atoms with Gasteiger partial charge in [0.2, 0.25) is 0 Å². The maximum absolute atomic E-state index is 11.2. The Hall–Kier alpha value is -0.550. The summed E-state index contributed by atoms with van der Waals surface area (Å²) in [7, 11) is 0. The van der Waals surface area contributed by atoms with Gasteiger partial charge in [0.25, 0.3) is 0 Å². The summed E-state index contributed by atoms with van der Waals surface area (Å²) in [6.45, 7) is 6.33. The van der Waals surface area contributed by atoms with Crippen LogP contribution >= 0.6 is 15.9 Å². The molecule has 0 aromatic heterocycles. The second-order valence-corrected chi connectivity index (χ2v) is 5.12. The number of hydrogen-bond donors (Lipinski definition) is 2. The molecule has 1 aliphatic rings. The van der Waals surface area contributed by atoms with Crippen molar-refractivity contribution in [1.29, 1.82) is 0 Å². The van der Waals surface area contributed by atoms with Gasteiger partial charge in [-0.05, 0) is 25.2 Å². The third-order valence-corrected chi connectivity index (χ3v) is 2.52. The molecular weight excluding hydrogens is 272 g/mol. The van der Waals surface area contributed by atoms with Gasteiger partial charge in [0.15, 0.2) is 0 Å². The van der Waals surface area contributed by atoms with Gasteiger partial charge in [-0.15, -0.1) is 0 Å². The molecule has 2 amide bonds. The molecule has 0 spiro atoms. The highest BCUT2D eigenvalue weighted by Gasteiger charge is 2.20. The monoisotopic (exact) mass is 290 g/mol. The van der Waals surface area contributed by atoms with Crippen molar-refractivity contribution in [3.63, 3.8) is 0 Å². The van der Waals surface area contributed by atoms with Gasteiger partial charge in [-0.1, -0.05) is 22.5 Å². The average molecular weight is 291 g/mol. The molecule has 0 aromatic rings. The Morgan fingerprint density at radius 3 is 2.81 bits per heavy atom. The first-order chi connectivity index (χ1) is 7.68. The quantitative estimate of drug-likeness (QED) is 0.672. The van der Waals surface area contributed by atoms with Crippen molar-refractivity contribution in [3.8, 4) is 0 Å². The minimum atomic E-state index is -0.164. The Kier molecular flexibility index (Phi) is 6.49. The van der Waals surface area contributed by atoms with E-state index in [0.717, 1.165) is 30.0 Å². The largest absolute Gasteiger partial charge is 0.381 e. The summed E-state index contributed by atoms with van der Waals surface area (Å²) >= 11 is 3.17. The van der Waals surface area contributed by atoms with Gasteiger partial charge < -0.3 is 15.4 Å². The van der Waals surface area contributed by atoms with E-state index in [1.165, 1.54) is 12.8 Å². The van der Waals surface area contributed by atoms with Crippen molar-refractivity contribution in [2.24, 2.45) is 5.92 Å². The molecule has 0 unspecified atom stereocenters. The van der Waals surface area contributed by atoms with E-state index in [1.807, 2.05) is 0 Å². The lowest BCUT2D eigenvalue weighted by Crippen LogP contribution is -2.36. The molecule has 1 saturated carbocycles. The fourth-order valence-corrected chi connectivity index (χ4v) is 1.29. The smallest absolute Gasteiger partial charge is 0.315 e. The van der Waals surface area contributed by atoms with Crippen molar-refractivity contribution in [2.45, 2.75) is 19.3 Å². The molecule has 1 rings (SSSR count). The first kappa shape index (κ1) is 13.5. The lowest BCUT2D eigenvalue weighted by Gasteiger charge is -2.07. The summed E-state index contributed by atoms with van der Waals surface area (Å²) in [6, 6.07) is -0.164. The molecule has 5 heteroatoms. The summed E-state index contributed by atoms with van der Waals surface area (Å²) in [5, 5.41) is 5.41. The fourth-order valence-electron chi connectivity index (χ4n) is 1.15. The molecule has 0 bridgehead atoms. The minimum Gasteiger partial charge on any atom is -0.381 e. The fraction of sp³-hybridized carbons (Fsp3) is 0.727. The van der Waals surface area contributed by atoms with Crippen LogP contribution in [0, 0.1) is 5.92 Å². The maximum Gasteiger partial charge on any atom is 0.315 e. The molecule has 2 N–H and O–H groups in total. The van der Waals surface area contributed by atoms with Crippen LogP contribution in [-0.4, -0.2) is 32.3 Å². The lowest BCUT2D eigenvalue weighted by atomic mass is 10.4. The van der Waals surface area contributed by atoms with Crippen molar-refractivity contribution in [1.82, 2.24) is 10.6 Å². The molecule has 0 atom stereocenters. The first-order valence-electron chi connectivity index (χ1n) is 5.61. The average Bonchev–Trinajstić information content (AvgIpc) is 3.04. The molecule has 92 valence electrons. The number of rotatable bonds is 8. The molecule has 1 fully saturated rings. The van der Waals surface area contributed by atoms with Gasteiger partial charge in [0.1, 0.15) is 0 Å². The maximum atomic E-state index is 11.2. The van der Waals surface area contributed by atoms with Crippen LogP contribution in [0.25, 0.3) is 0 Å². The molecule has 0 saturated heterocycles. The second kappa shape index (κ2) is 7.68. The number of hydrogen-bond acceptors (Lipinski definition) is 2. The first-order valence-corrected chi connectivity index (χ1v) is 6.40. The molecule has 0 heterocycles. The molecule has 0 radical (unpaired) electrons. The number of ether oxygens (including phenoxy) is 1. The Morgan fingerprint density at radius 1 is 1.44 bits per heavy atom. The van der Waals surface area contributed by atoms with Crippen LogP contribution in [0.15, 0.2) is 11.1 Å². The van der Waals surface area contributed by atoms with E-state index >= 15 is 0 Å². The van der Waals surface area contributed by atoms with Gasteiger partial charge in [-0.3, -0.25) is 0 Å². The summed E-state index contributed by atoms with van der Waals surface area (Å²) in [5.74, 6) is 0.807. The number of carbonyl (C=O) groups excluding carboxylic acids is 1. The molecule has 1 aliphatic carbocycles. The van der Waals surface area contributed by atoms with Crippen LogP contribution in [0.4, 0.5) is 4.79 Å². The van der Waals surface area contributed by atoms with E-state index in [-0.39, 0.29) is 6.03 Å². The topological polar surface area (TPSA) is 50.4 Å². The van der Waals surface area contributed by atoms with Gasteiger partial charge in [0, 0.05) is 24.2 Å². The van der Waals surface area contributed by atoms with Crippen LogP contribution in [0.3, 0.4) is 0 Å². The highest BCUT2D eigenvalue weighted by molar-refractivity contribution is 9.11. The van der Waals surface area contributed by atoms with Gasteiger partial charge >= 0.3 is 6.03 Å². The number of urea groups is 1. The standard InChI is InChI=1S/C11H19BrN2O2/c1-9(12)7-14-11(15)13-5-2-6-16-8-10-3-4-10/h10H,1-8H2,(H2,13,14,15). The second-order valence-electron chi connectivity index (χ2n) is 4.00. The van der Waals surface area contributed by atoms with Crippen LogP contribution in [0.2, 0.25) is 0 Å². The Morgan fingerprint density at radius 2 is 2.19 bits per heavy atom. The highest BCUT2D eigenvalue weighted by Crippen LogP contribution is 2.28. The van der Waals surface area contributed by atoms with Gasteiger partial charge in [-0.2, -0.15) is 0 Å². The third-order valence-electron chi connectivity index (χ3n) is 2.24. The van der Waals surface area contributed by atoms with E-state index in [1.54, 1.807) is 0 Å². The SMILES string of the molecule is C=C(Br)CNC(=O)NCCCOCC1CC1. The highest BCUT2D eigenvalue weighted by atomic mass is 79.9. The molecule has 16 heavy (non-hydrogen) atoms. The van der Waals surface area contributed by atoms with E-state index in [2.05, 4.69) is 33.1 Å². The number of carbonyl (C=O) groups is 1.